The van der Waals surface area contributed by atoms with E-state index in [0.29, 0.717) is 5.92 Å². The van der Waals surface area contributed by atoms with Gasteiger partial charge < -0.3 is 14.4 Å². The van der Waals surface area contributed by atoms with Crippen molar-refractivity contribution in [2.45, 2.75) is 12.3 Å². The van der Waals surface area contributed by atoms with E-state index in [-0.39, 0.29) is 0 Å². The molecule has 0 bridgehead atoms. The number of benzene rings is 1. The zero-order valence-electron chi connectivity index (χ0n) is 16.3. The molecule has 5 rings (SSSR count). The van der Waals surface area contributed by atoms with Gasteiger partial charge in [0.25, 0.3) is 0 Å². The number of nitrogens with zero attached hydrogens (tertiary/aromatic N) is 5. The van der Waals surface area contributed by atoms with Crippen molar-refractivity contribution in [3.8, 4) is 22.9 Å². The van der Waals surface area contributed by atoms with Crippen LogP contribution in [0.1, 0.15) is 17.9 Å². The topological polar surface area (TPSA) is 64.8 Å². The van der Waals surface area contributed by atoms with Crippen LogP contribution < -0.4 is 14.4 Å². The molecule has 0 saturated carbocycles. The van der Waals surface area contributed by atoms with Crippen molar-refractivity contribution in [2.24, 2.45) is 0 Å². The van der Waals surface area contributed by atoms with E-state index in [9.17, 15) is 0 Å². The fraction of sp³-hybridized carbons (Fsp3) is 0.286. The third-order valence-corrected chi connectivity index (χ3v) is 6.07. The molecule has 1 aromatic carbocycles. The van der Waals surface area contributed by atoms with E-state index in [2.05, 4.69) is 32.6 Å². The van der Waals surface area contributed by atoms with Crippen LogP contribution in [0.4, 0.5) is 5.82 Å². The first-order valence-electron chi connectivity index (χ1n) is 9.48. The van der Waals surface area contributed by atoms with Gasteiger partial charge in [-0.25, -0.2) is 0 Å². The van der Waals surface area contributed by atoms with Crippen LogP contribution in [0.15, 0.2) is 47.2 Å². The van der Waals surface area contributed by atoms with Crippen LogP contribution in [0.5, 0.6) is 11.5 Å². The largest absolute Gasteiger partial charge is 0.497 e. The van der Waals surface area contributed by atoms with Crippen LogP contribution in [-0.2, 0) is 0 Å². The molecule has 29 heavy (non-hydrogen) atoms. The average Bonchev–Trinajstić information content (AvgIpc) is 3.52. The van der Waals surface area contributed by atoms with Crippen molar-refractivity contribution in [1.29, 1.82) is 0 Å². The fourth-order valence-electron chi connectivity index (χ4n) is 3.83. The lowest BCUT2D eigenvalue weighted by atomic mass is 9.98. The molecule has 0 N–H and O–H groups in total. The molecule has 0 radical (unpaired) electrons. The van der Waals surface area contributed by atoms with Crippen molar-refractivity contribution in [2.75, 3.05) is 32.2 Å². The minimum atomic E-state index is 0.397. The number of fused-ring (bicyclic) bond motifs is 1. The van der Waals surface area contributed by atoms with E-state index in [0.717, 1.165) is 53.9 Å². The second-order valence-corrected chi connectivity index (χ2v) is 7.85. The molecule has 148 valence electrons. The van der Waals surface area contributed by atoms with Crippen molar-refractivity contribution >= 4 is 22.8 Å². The van der Waals surface area contributed by atoms with E-state index >= 15 is 0 Å². The zero-order valence-corrected chi connectivity index (χ0v) is 17.1. The highest BCUT2D eigenvalue weighted by atomic mass is 32.1. The van der Waals surface area contributed by atoms with Crippen LogP contribution >= 0.6 is 11.3 Å². The molecule has 1 saturated heterocycles. The Morgan fingerprint density at radius 3 is 2.59 bits per heavy atom. The summed E-state index contributed by atoms with van der Waals surface area (Å²) in [5.74, 6) is 3.75. The molecule has 4 aromatic rings. The first-order chi connectivity index (χ1) is 14.2. The van der Waals surface area contributed by atoms with Crippen LogP contribution in [0.25, 0.3) is 17.0 Å². The number of ether oxygens (including phenoxy) is 2. The Balaban J connectivity index is 1.43. The van der Waals surface area contributed by atoms with E-state index < -0.39 is 0 Å². The zero-order chi connectivity index (χ0) is 19.8. The number of hydrogen-bond acceptors (Lipinski definition) is 7. The van der Waals surface area contributed by atoms with Gasteiger partial charge in [0.05, 0.1) is 14.2 Å². The van der Waals surface area contributed by atoms with Gasteiger partial charge >= 0.3 is 0 Å². The van der Waals surface area contributed by atoms with Gasteiger partial charge in [0.15, 0.2) is 11.5 Å². The van der Waals surface area contributed by atoms with Crippen molar-refractivity contribution < 1.29 is 9.47 Å². The lowest BCUT2D eigenvalue weighted by Crippen LogP contribution is -2.21. The highest BCUT2D eigenvalue weighted by molar-refractivity contribution is 7.08. The van der Waals surface area contributed by atoms with Gasteiger partial charge in [-0.05, 0) is 47.7 Å². The fourth-order valence-corrected chi connectivity index (χ4v) is 4.46. The lowest BCUT2D eigenvalue weighted by Gasteiger charge is -2.18. The Bertz CT molecular complexity index is 1120. The Morgan fingerprint density at radius 1 is 1.03 bits per heavy atom. The SMILES string of the molecule is COc1cc(OC)cc(C2CCN(c3ccc4nnc(-c5ccsc5)n4n3)C2)c1. The van der Waals surface area contributed by atoms with Crippen LogP contribution in [0.3, 0.4) is 0 Å². The summed E-state index contributed by atoms with van der Waals surface area (Å²) in [5.41, 5.74) is 3.02. The molecule has 1 atom stereocenters. The maximum absolute atomic E-state index is 5.43. The minimum absolute atomic E-state index is 0.397. The average molecular weight is 407 g/mol. The number of anilines is 1. The second-order valence-electron chi connectivity index (χ2n) is 7.07. The molecule has 0 spiro atoms. The molecule has 0 amide bonds. The number of aromatic nitrogens is 4. The summed E-state index contributed by atoms with van der Waals surface area (Å²) in [6.07, 6.45) is 1.05. The molecule has 4 heterocycles. The molecule has 0 aliphatic carbocycles. The highest BCUT2D eigenvalue weighted by Crippen LogP contribution is 2.34. The maximum atomic E-state index is 5.43. The molecule has 3 aromatic heterocycles. The molecule has 1 unspecified atom stereocenters. The summed E-state index contributed by atoms with van der Waals surface area (Å²) in [6.45, 7) is 1.84. The Morgan fingerprint density at radius 2 is 1.86 bits per heavy atom. The molecule has 7 nitrogen and oxygen atoms in total. The predicted octanol–water partition coefficient (Wildman–Crippen LogP) is 3.86. The first kappa shape index (κ1) is 17.9. The van der Waals surface area contributed by atoms with E-state index in [1.54, 1.807) is 25.6 Å². The van der Waals surface area contributed by atoms with Gasteiger partial charge in [0.2, 0.25) is 0 Å². The van der Waals surface area contributed by atoms with Crippen LogP contribution in [0, 0.1) is 0 Å². The number of thiophene rings is 1. The van der Waals surface area contributed by atoms with E-state index in [1.165, 1.54) is 5.56 Å². The third kappa shape index (κ3) is 3.29. The smallest absolute Gasteiger partial charge is 0.186 e. The Labute approximate surface area is 172 Å². The predicted molar refractivity (Wildman–Crippen MR) is 113 cm³/mol. The second kappa shape index (κ2) is 7.36. The number of hydrogen-bond donors (Lipinski definition) is 0. The number of rotatable bonds is 5. The van der Waals surface area contributed by atoms with Gasteiger partial charge in [0.1, 0.15) is 17.3 Å². The van der Waals surface area contributed by atoms with Crippen LogP contribution in [-0.4, -0.2) is 47.1 Å². The highest BCUT2D eigenvalue weighted by Gasteiger charge is 2.26. The molecular weight excluding hydrogens is 386 g/mol. The van der Waals surface area contributed by atoms with Crippen molar-refractivity contribution in [3.63, 3.8) is 0 Å². The summed E-state index contributed by atoms with van der Waals surface area (Å²) in [4.78, 5) is 2.31. The van der Waals surface area contributed by atoms with Gasteiger partial charge in [-0.15, -0.1) is 15.3 Å². The van der Waals surface area contributed by atoms with Gasteiger partial charge in [-0.2, -0.15) is 15.9 Å². The van der Waals surface area contributed by atoms with Crippen molar-refractivity contribution in [3.05, 3.63) is 52.7 Å². The molecule has 1 fully saturated rings. The monoisotopic (exact) mass is 407 g/mol. The van der Waals surface area contributed by atoms with E-state index in [4.69, 9.17) is 14.6 Å². The summed E-state index contributed by atoms with van der Waals surface area (Å²) in [6, 6.07) is 12.1. The lowest BCUT2D eigenvalue weighted by molar-refractivity contribution is 0.393. The molecule has 1 aliphatic heterocycles. The Kier molecular flexibility index (Phi) is 4.55. The molecule has 8 heteroatoms. The normalized spacial score (nSPS) is 16.5. The molecular formula is C21H21N5O2S. The summed E-state index contributed by atoms with van der Waals surface area (Å²) in [7, 11) is 3.37. The standard InChI is InChI=1S/C21H21N5O2S/c1-27-17-9-16(10-18(11-17)28-2)14-5-7-25(12-14)20-4-3-19-22-23-21(26(19)24-20)15-6-8-29-13-15/h3-4,6,8-11,13-14H,5,7,12H2,1-2H3. The third-order valence-electron chi connectivity index (χ3n) is 5.39. The summed E-state index contributed by atoms with van der Waals surface area (Å²) >= 11 is 1.64. The van der Waals surface area contributed by atoms with Crippen LogP contribution in [0.2, 0.25) is 0 Å². The number of methoxy groups -OCH3 is 2. The van der Waals surface area contributed by atoms with Crippen molar-refractivity contribution in [1.82, 2.24) is 19.8 Å². The summed E-state index contributed by atoms with van der Waals surface area (Å²) in [5, 5.41) is 17.5. The van der Waals surface area contributed by atoms with E-state index in [1.807, 2.05) is 34.2 Å². The first-order valence-corrected chi connectivity index (χ1v) is 10.4. The summed E-state index contributed by atoms with van der Waals surface area (Å²) < 4.78 is 12.7. The minimum Gasteiger partial charge on any atom is -0.497 e. The molecule has 1 aliphatic rings. The van der Waals surface area contributed by atoms with Gasteiger partial charge in [-0.1, -0.05) is 0 Å². The van der Waals surface area contributed by atoms with Gasteiger partial charge in [0, 0.05) is 36.0 Å². The quantitative estimate of drug-likeness (QED) is 0.501. The maximum Gasteiger partial charge on any atom is 0.186 e. The van der Waals surface area contributed by atoms with Gasteiger partial charge in [-0.3, -0.25) is 0 Å². The Hall–Kier alpha value is -3.13.